The fraction of sp³-hybridized carbons (Fsp3) is 0.211. The molecule has 0 aromatic heterocycles. The largest absolute Gasteiger partial charge is 0.362 e. The summed E-state index contributed by atoms with van der Waals surface area (Å²) in [7, 11) is 0. The summed E-state index contributed by atoms with van der Waals surface area (Å²) >= 11 is 5.80. The Bertz CT molecular complexity index is 629. The molecular formula is C19H20ClNO. The molecule has 2 aromatic rings. The second-order valence-electron chi connectivity index (χ2n) is 5.15. The Balaban J connectivity index is 1.88. The van der Waals surface area contributed by atoms with Gasteiger partial charge in [-0.1, -0.05) is 37.1 Å². The minimum atomic E-state index is -0.0521. The lowest BCUT2D eigenvalue weighted by molar-refractivity contribution is 0.104. The summed E-state index contributed by atoms with van der Waals surface area (Å²) in [5, 5.41) is 3.74. The number of halogens is 1. The van der Waals surface area contributed by atoms with Crippen molar-refractivity contribution in [3.63, 3.8) is 0 Å². The molecule has 0 atom stereocenters. The summed E-state index contributed by atoms with van der Waals surface area (Å²) < 4.78 is 0. The zero-order chi connectivity index (χ0) is 15.8. The topological polar surface area (TPSA) is 29.1 Å². The number of hydrogen-bond acceptors (Lipinski definition) is 2. The van der Waals surface area contributed by atoms with Crippen LogP contribution in [0.2, 0.25) is 5.02 Å². The molecule has 3 heteroatoms. The van der Waals surface area contributed by atoms with Gasteiger partial charge >= 0.3 is 0 Å². The molecule has 0 bridgehead atoms. The zero-order valence-corrected chi connectivity index (χ0v) is 13.4. The summed E-state index contributed by atoms with van der Waals surface area (Å²) in [6, 6.07) is 15.2. The Kier molecular flexibility index (Phi) is 6.23. The van der Waals surface area contributed by atoms with Gasteiger partial charge in [-0.25, -0.2) is 0 Å². The molecule has 22 heavy (non-hydrogen) atoms. The molecule has 0 amide bonds. The third kappa shape index (κ3) is 5.05. The second kappa shape index (κ2) is 8.40. The number of ketones is 1. The number of nitrogens with one attached hydrogen (secondary N) is 1. The van der Waals surface area contributed by atoms with E-state index in [0.717, 1.165) is 12.1 Å². The van der Waals surface area contributed by atoms with E-state index in [0.29, 0.717) is 10.6 Å². The van der Waals surface area contributed by atoms with Gasteiger partial charge in [0, 0.05) is 28.5 Å². The van der Waals surface area contributed by atoms with Gasteiger partial charge in [0.1, 0.15) is 0 Å². The van der Waals surface area contributed by atoms with Crippen LogP contribution < -0.4 is 5.32 Å². The average molecular weight is 314 g/mol. The van der Waals surface area contributed by atoms with Crippen LogP contribution in [0.15, 0.2) is 60.8 Å². The van der Waals surface area contributed by atoms with E-state index in [2.05, 4.69) is 24.4 Å². The minimum Gasteiger partial charge on any atom is -0.362 e. The minimum absolute atomic E-state index is 0.0521. The van der Waals surface area contributed by atoms with Gasteiger partial charge in [-0.3, -0.25) is 4.79 Å². The van der Waals surface area contributed by atoms with Gasteiger partial charge in [-0.2, -0.15) is 0 Å². The first-order valence-electron chi connectivity index (χ1n) is 7.51. The number of hydrogen-bond donors (Lipinski definition) is 1. The molecule has 0 unspecified atom stereocenters. The Morgan fingerprint density at radius 1 is 1.09 bits per heavy atom. The average Bonchev–Trinajstić information content (AvgIpc) is 2.54. The highest BCUT2D eigenvalue weighted by atomic mass is 35.5. The molecule has 0 aliphatic rings. The molecule has 0 saturated carbocycles. The molecule has 2 aromatic carbocycles. The van der Waals surface area contributed by atoms with Gasteiger partial charge in [0.2, 0.25) is 0 Å². The first kappa shape index (κ1) is 16.3. The van der Waals surface area contributed by atoms with E-state index in [9.17, 15) is 4.79 Å². The van der Waals surface area contributed by atoms with Crippen molar-refractivity contribution in [1.82, 2.24) is 0 Å². The molecule has 0 radical (unpaired) electrons. The van der Waals surface area contributed by atoms with Crippen LogP contribution in [0.4, 0.5) is 5.69 Å². The van der Waals surface area contributed by atoms with E-state index in [-0.39, 0.29) is 5.78 Å². The van der Waals surface area contributed by atoms with Crippen molar-refractivity contribution in [3.8, 4) is 0 Å². The maximum Gasteiger partial charge on any atom is 0.187 e. The zero-order valence-electron chi connectivity index (χ0n) is 12.7. The quantitative estimate of drug-likeness (QED) is 0.541. The van der Waals surface area contributed by atoms with E-state index >= 15 is 0 Å². The number of allylic oxidation sites excluding steroid dienone is 1. The van der Waals surface area contributed by atoms with Gasteiger partial charge in [0.05, 0.1) is 0 Å². The Morgan fingerprint density at radius 2 is 1.77 bits per heavy atom. The van der Waals surface area contributed by atoms with Crippen molar-refractivity contribution in [2.45, 2.75) is 26.2 Å². The number of carbonyl (C=O) groups is 1. The van der Waals surface area contributed by atoms with Crippen LogP contribution in [-0.4, -0.2) is 5.78 Å². The number of aryl methyl sites for hydroxylation is 1. The summed E-state index contributed by atoms with van der Waals surface area (Å²) in [4.78, 5) is 11.9. The van der Waals surface area contributed by atoms with Crippen molar-refractivity contribution in [1.29, 1.82) is 0 Å². The maximum absolute atomic E-state index is 11.9. The maximum atomic E-state index is 11.9. The van der Waals surface area contributed by atoms with Crippen molar-refractivity contribution >= 4 is 23.1 Å². The molecule has 0 aliphatic heterocycles. The van der Waals surface area contributed by atoms with Gasteiger partial charge in [-0.05, 0) is 54.8 Å². The Morgan fingerprint density at radius 3 is 2.41 bits per heavy atom. The molecule has 0 heterocycles. The van der Waals surface area contributed by atoms with Crippen LogP contribution in [0.3, 0.4) is 0 Å². The van der Waals surface area contributed by atoms with Crippen molar-refractivity contribution < 1.29 is 4.79 Å². The predicted molar refractivity (Wildman–Crippen MR) is 93.6 cm³/mol. The number of benzene rings is 2. The number of rotatable bonds is 7. The van der Waals surface area contributed by atoms with Crippen LogP contribution in [0, 0.1) is 0 Å². The van der Waals surface area contributed by atoms with Crippen LogP contribution >= 0.6 is 11.6 Å². The molecule has 1 N–H and O–H groups in total. The van der Waals surface area contributed by atoms with Gasteiger partial charge in [0.15, 0.2) is 5.78 Å². The van der Waals surface area contributed by atoms with Gasteiger partial charge < -0.3 is 5.32 Å². The fourth-order valence-electron chi connectivity index (χ4n) is 2.07. The molecule has 0 spiro atoms. The third-order valence-electron chi connectivity index (χ3n) is 3.39. The lowest BCUT2D eigenvalue weighted by Gasteiger charge is -2.03. The molecule has 2 rings (SSSR count). The smallest absolute Gasteiger partial charge is 0.187 e. The molecule has 0 fully saturated rings. The lowest BCUT2D eigenvalue weighted by Crippen LogP contribution is -1.96. The summed E-state index contributed by atoms with van der Waals surface area (Å²) in [5.41, 5.74) is 2.94. The lowest BCUT2D eigenvalue weighted by atomic mass is 10.1. The van der Waals surface area contributed by atoms with Gasteiger partial charge in [-0.15, -0.1) is 0 Å². The van der Waals surface area contributed by atoms with Crippen LogP contribution in [0.25, 0.3) is 0 Å². The van der Waals surface area contributed by atoms with Crippen molar-refractivity contribution in [3.05, 3.63) is 77.0 Å². The first-order valence-corrected chi connectivity index (χ1v) is 7.89. The highest BCUT2D eigenvalue weighted by Crippen LogP contribution is 2.13. The monoisotopic (exact) mass is 313 g/mol. The first-order chi connectivity index (χ1) is 10.7. The predicted octanol–water partition coefficient (Wildman–Crippen LogP) is 5.49. The Labute approximate surface area is 136 Å². The van der Waals surface area contributed by atoms with E-state index in [1.165, 1.54) is 24.5 Å². The van der Waals surface area contributed by atoms with Crippen molar-refractivity contribution in [2.75, 3.05) is 5.32 Å². The number of anilines is 1. The standard InChI is InChI=1S/C19H20ClNO/c1-2-3-4-15-5-11-18(12-6-15)21-14-13-19(22)16-7-9-17(20)10-8-16/h5-14,21H,2-4H2,1H3/b14-13+. The highest BCUT2D eigenvalue weighted by Gasteiger charge is 2.00. The SMILES string of the molecule is CCCCc1ccc(N/C=C/C(=O)c2ccc(Cl)cc2)cc1. The molecule has 0 aliphatic carbocycles. The molecule has 114 valence electrons. The fourth-order valence-corrected chi connectivity index (χ4v) is 2.20. The van der Waals surface area contributed by atoms with E-state index in [1.807, 2.05) is 12.1 Å². The normalized spacial score (nSPS) is 10.8. The van der Waals surface area contributed by atoms with Crippen LogP contribution in [0.5, 0.6) is 0 Å². The summed E-state index contributed by atoms with van der Waals surface area (Å²) in [6.07, 6.45) is 6.71. The highest BCUT2D eigenvalue weighted by molar-refractivity contribution is 6.30. The van der Waals surface area contributed by atoms with E-state index in [4.69, 9.17) is 11.6 Å². The molecular weight excluding hydrogens is 294 g/mol. The van der Waals surface area contributed by atoms with Gasteiger partial charge in [0.25, 0.3) is 0 Å². The number of carbonyl (C=O) groups excluding carboxylic acids is 1. The summed E-state index contributed by atoms with van der Waals surface area (Å²) in [5.74, 6) is -0.0521. The molecule has 2 nitrogen and oxygen atoms in total. The van der Waals surface area contributed by atoms with Crippen molar-refractivity contribution in [2.24, 2.45) is 0 Å². The van der Waals surface area contributed by atoms with E-state index in [1.54, 1.807) is 30.5 Å². The number of unbranched alkanes of at least 4 members (excludes halogenated alkanes) is 1. The van der Waals surface area contributed by atoms with Crippen LogP contribution in [0.1, 0.15) is 35.7 Å². The summed E-state index contributed by atoms with van der Waals surface area (Å²) in [6.45, 7) is 2.19. The molecule has 0 saturated heterocycles. The van der Waals surface area contributed by atoms with E-state index < -0.39 is 0 Å². The van der Waals surface area contributed by atoms with Crippen LogP contribution in [-0.2, 0) is 6.42 Å². The third-order valence-corrected chi connectivity index (χ3v) is 3.64. The Hall–Kier alpha value is -2.06. The second-order valence-corrected chi connectivity index (χ2v) is 5.59.